The fourth-order valence-corrected chi connectivity index (χ4v) is 2.38. The zero-order valence-corrected chi connectivity index (χ0v) is 13.8. The van der Waals surface area contributed by atoms with Crippen molar-refractivity contribution in [2.45, 2.75) is 40.0 Å². The van der Waals surface area contributed by atoms with Crippen LogP contribution in [-0.4, -0.2) is 22.4 Å². The van der Waals surface area contributed by atoms with Crippen LogP contribution in [0.5, 0.6) is 0 Å². The van der Waals surface area contributed by atoms with Crippen molar-refractivity contribution in [3.63, 3.8) is 0 Å². The van der Waals surface area contributed by atoms with Crippen molar-refractivity contribution in [2.24, 2.45) is 0 Å². The summed E-state index contributed by atoms with van der Waals surface area (Å²) in [4.78, 5) is 11.7. The Morgan fingerprint density at radius 1 is 1.26 bits per heavy atom. The molecule has 0 saturated heterocycles. The number of rotatable bonds is 6. The number of nitrogens with one attached hydrogen (secondary N) is 2. The van der Waals surface area contributed by atoms with Crippen molar-refractivity contribution in [1.82, 2.24) is 15.1 Å². The van der Waals surface area contributed by atoms with Gasteiger partial charge in [-0.05, 0) is 44.5 Å². The molecule has 2 N–H and O–H groups in total. The lowest BCUT2D eigenvalue weighted by Crippen LogP contribution is -2.29. The molecule has 2 aromatic rings. The quantitative estimate of drug-likeness (QED) is 0.793. The number of hydrogen-bond acceptors (Lipinski definition) is 2. The normalized spacial score (nSPS) is 10.6. The van der Waals surface area contributed by atoms with E-state index in [1.807, 2.05) is 19.9 Å². The van der Waals surface area contributed by atoms with Gasteiger partial charge in [0, 0.05) is 17.9 Å². The molecule has 0 spiro atoms. The van der Waals surface area contributed by atoms with E-state index in [0.717, 1.165) is 30.7 Å². The third-order valence-corrected chi connectivity index (χ3v) is 3.51. The summed E-state index contributed by atoms with van der Waals surface area (Å²) < 4.78 is 15.9. The van der Waals surface area contributed by atoms with Gasteiger partial charge in [0.15, 0.2) is 5.82 Å². The number of aromatic nitrogens is 2. The molecular weight excluding hydrogens is 295 g/mol. The van der Waals surface area contributed by atoms with Crippen molar-refractivity contribution >= 4 is 11.7 Å². The summed E-state index contributed by atoms with van der Waals surface area (Å²) in [6, 6.07) is 6.15. The minimum atomic E-state index is -0.431. The Hall–Kier alpha value is -2.37. The largest absolute Gasteiger partial charge is 0.338 e. The molecule has 0 unspecified atom stereocenters. The van der Waals surface area contributed by atoms with Crippen molar-refractivity contribution in [1.29, 1.82) is 0 Å². The predicted molar refractivity (Wildman–Crippen MR) is 89.5 cm³/mol. The molecule has 124 valence electrons. The number of amides is 2. The van der Waals surface area contributed by atoms with Gasteiger partial charge in [0.25, 0.3) is 0 Å². The minimum absolute atomic E-state index is 0.320. The van der Waals surface area contributed by atoms with Gasteiger partial charge < -0.3 is 10.6 Å². The molecule has 0 aliphatic heterocycles. The molecule has 1 aromatic heterocycles. The second-order valence-electron chi connectivity index (χ2n) is 5.59. The van der Waals surface area contributed by atoms with Crippen LogP contribution < -0.4 is 10.6 Å². The Balaban J connectivity index is 2.02. The van der Waals surface area contributed by atoms with E-state index in [2.05, 4.69) is 22.7 Å². The molecule has 2 rings (SSSR count). The standard InChI is InChI=1S/C17H23FN4O/c1-4-5-6-9-19-17(23)20-14-7-8-16(15(18)11-14)22-13(3)10-12(2)21-22/h7-8,10-11H,4-6,9H2,1-3H3,(H2,19,20,23). The number of unbranched alkanes of at least 4 members (excludes halogenated alkanes) is 2. The van der Waals surface area contributed by atoms with Gasteiger partial charge in [-0.25, -0.2) is 13.9 Å². The average Bonchev–Trinajstić information content (AvgIpc) is 2.82. The van der Waals surface area contributed by atoms with Gasteiger partial charge in [-0.1, -0.05) is 19.8 Å². The van der Waals surface area contributed by atoms with Crippen LogP contribution >= 0.6 is 0 Å². The number of hydrogen-bond donors (Lipinski definition) is 2. The highest BCUT2D eigenvalue weighted by atomic mass is 19.1. The maximum Gasteiger partial charge on any atom is 0.319 e. The molecular formula is C17H23FN4O. The lowest BCUT2D eigenvalue weighted by molar-refractivity contribution is 0.252. The van der Waals surface area contributed by atoms with Gasteiger partial charge in [-0.2, -0.15) is 5.10 Å². The number of halogens is 1. The Morgan fingerprint density at radius 3 is 2.65 bits per heavy atom. The molecule has 0 radical (unpaired) electrons. The predicted octanol–water partition coefficient (Wildman–Crippen LogP) is 3.94. The molecule has 1 aromatic carbocycles. The van der Waals surface area contributed by atoms with E-state index < -0.39 is 5.82 Å². The van der Waals surface area contributed by atoms with Gasteiger partial charge in [0.1, 0.15) is 5.69 Å². The monoisotopic (exact) mass is 318 g/mol. The van der Waals surface area contributed by atoms with Crippen LogP contribution in [0.1, 0.15) is 37.6 Å². The molecule has 0 aliphatic carbocycles. The third kappa shape index (κ3) is 4.55. The number of benzene rings is 1. The highest BCUT2D eigenvalue weighted by Crippen LogP contribution is 2.19. The molecule has 6 heteroatoms. The third-order valence-electron chi connectivity index (χ3n) is 3.51. The number of anilines is 1. The smallest absolute Gasteiger partial charge is 0.319 e. The van der Waals surface area contributed by atoms with Gasteiger partial charge in [0.05, 0.1) is 5.69 Å². The zero-order chi connectivity index (χ0) is 16.8. The number of carbonyl (C=O) groups is 1. The minimum Gasteiger partial charge on any atom is -0.338 e. The summed E-state index contributed by atoms with van der Waals surface area (Å²) in [6.07, 6.45) is 3.11. The lowest BCUT2D eigenvalue weighted by atomic mass is 10.2. The number of nitrogens with zero attached hydrogens (tertiary/aromatic N) is 2. The summed E-state index contributed by atoms with van der Waals surface area (Å²) in [5, 5.41) is 9.66. The number of carbonyl (C=O) groups excluding carboxylic acids is 1. The topological polar surface area (TPSA) is 59.0 Å². The van der Waals surface area contributed by atoms with Crippen molar-refractivity contribution in [2.75, 3.05) is 11.9 Å². The van der Waals surface area contributed by atoms with Crippen molar-refractivity contribution < 1.29 is 9.18 Å². The summed E-state index contributed by atoms with van der Waals surface area (Å²) in [5.74, 6) is -0.431. The molecule has 0 fully saturated rings. The molecule has 0 atom stereocenters. The van der Waals surface area contributed by atoms with Crippen molar-refractivity contribution in [3.8, 4) is 5.69 Å². The van der Waals surface area contributed by atoms with E-state index in [1.54, 1.807) is 16.8 Å². The first-order chi connectivity index (χ1) is 11.0. The molecule has 1 heterocycles. The highest BCUT2D eigenvalue weighted by molar-refractivity contribution is 5.89. The van der Waals surface area contributed by atoms with Crippen molar-refractivity contribution in [3.05, 3.63) is 41.5 Å². The van der Waals surface area contributed by atoms with E-state index in [0.29, 0.717) is 17.9 Å². The van der Waals surface area contributed by atoms with Crippen LogP contribution in [0.25, 0.3) is 5.69 Å². The van der Waals surface area contributed by atoms with Gasteiger partial charge in [0.2, 0.25) is 0 Å². The summed E-state index contributed by atoms with van der Waals surface area (Å²) in [6.45, 7) is 6.45. The van der Waals surface area contributed by atoms with E-state index in [9.17, 15) is 9.18 Å². The maximum atomic E-state index is 14.3. The first kappa shape index (κ1) is 17.0. The number of aryl methyl sites for hydroxylation is 2. The van der Waals surface area contributed by atoms with Crippen LogP contribution in [-0.2, 0) is 0 Å². The first-order valence-corrected chi connectivity index (χ1v) is 7.89. The molecule has 23 heavy (non-hydrogen) atoms. The SMILES string of the molecule is CCCCCNC(=O)Nc1ccc(-n2nc(C)cc2C)c(F)c1. The lowest BCUT2D eigenvalue weighted by Gasteiger charge is -2.10. The van der Waals surface area contributed by atoms with E-state index in [1.165, 1.54) is 6.07 Å². The van der Waals surface area contributed by atoms with E-state index in [4.69, 9.17) is 0 Å². The fraction of sp³-hybridized carbons (Fsp3) is 0.412. The van der Waals surface area contributed by atoms with Crippen LogP contribution in [0, 0.1) is 19.7 Å². The highest BCUT2D eigenvalue weighted by Gasteiger charge is 2.11. The second-order valence-corrected chi connectivity index (χ2v) is 5.59. The molecule has 0 bridgehead atoms. The van der Waals surface area contributed by atoms with E-state index >= 15 is 0 Å². The maximum absolute atomic E-state index is 14.3. The first-order valence-electron chi connectivity index (χ1n) is 7.89. The Kier molecular flexibility index (Phi) is 5.73. The number of urea groups is 1. The summed E-state index contributed by atoms with van der Waals surface area (Å²) in [7, 11) is 0. The molecule has 5 nitrogen and oxygen atoms in total. The summed E-state index contributed by atoms with van der Waals surface area (Å²) >= 11 is 0. The Morgan fingerprint density at radius 2 is 2.04 bits per heavy atom. The Labute approximate surface area is 135 Å². The van der Waals surface area contributed by atoms with Gasteiger partial charge in [-0.3, -0.25) is 0 Å². The average molecular weight is 318 g/mol. The Bertz CT molecular complexity index is 681. The van der Waals surface area contributed by atoms with E-state index in [-0.39, 0.29) is 6.03 Å². The molecule has 0 aliphatic rings. The van der Waals surface area contributed by atoms with Crippen LogP contribution in [0.3, 0.4) is 0 Å². The summed E-state index contributed by atoms with van der Waals surface area (Å²) in [5.41, 5.74) is 2.47. The van der Waals surface area contributed by atoms with Crippen LogP contribution in [0.4, 0.5) is 14.9 Å². The van der Waals surface area contributed by atoms with Gasteiger partial charge in [-0.15, -0.1) is 0 Å². The van der Waals surface area contributed by atoms with Crippen LogP contribution in [0.2, 0.25) is 0 Å². The van der Waals surface area contributed by atoms with Crippen LogP contribution in [0.15, 0.2) is 24.3 Å². The van der Waals surface area contributed by atoms with Gasteiger partial charge >= 0.3 is 6.03 Å². The second kappa shape index (κ2) is 7.76. The molecule has 2 amide bonds. The zero-order valence-electron chi connectivity index (χ0n) is 13.8. The fourth-order valence-electron chi connectivity index (χ4n) is 2.38. The molecule has 0 saturated carbocycles.